The molecule has 0 aliphatic carbocycles. The van der Waals surface area contributed by atoms with Crippen molar-refractivity contribution in [3.05, 3.63) is 28.8 Å². The normalized spacial score (nSPS) is 24.1. The SMILES string of the molecule is Cc1cc(C)c(O)c(C2CC(C)NC(=O)N2)c1. The molecule has 0 saturated carbocycles. The van der Waals surface area contributed by atoms with Crippen molar-refractivity contribution in [2.75, 3.05) is 0 Å². The molecule has 2 rings (SSSR count). The van der Waals surface area contributed by atoms with E-state index < -0.39 is 0 Å². The third kappa shape index (κ3) is 2.35. The second-order valence-corrected chi connectivity index (χ2v) is 4.83. The Morgan fingerprint density at radius 1 is 1.29 bits per heavy atom. The lowest BCUT2D eigenvalue weighted by molar-refractivity contribution is 0.220. The topological polar surface area (TPSA) is 61.4 Å². The van der Waals surface area contributed by atoms with E-state index in [1.54, 1.807) is 0 Å². The van der Waals surface area contributed by atoms with Gasteiger partial charge in [0.25, 0.3) is 0 Å². The fraction of sp³-hybridized carbons (Fsp3) is 0.462. The van der Waals surface area contributed by atoms with E-state index in [1.807, 2.05) is 32.9 Å². The molecule has 1 heterocycles. The molecule has 0 aromatic heterocycles. The fourth-order valence-electron chi connectivity index (χ4n) is 2.36. The van der Waals surface area contributed by atoms with Gasteiger partial charge in [-0.2, -0.15) is 0 Å². The molecule has 1 aromatic carbocycles. The van der Waals surface area contributed by atoms with Gasteiger partial charge in [-0.05, 0) is 32.8 Å². The third-order valence-electron chi connectivity index (χ3n) is 3.12. The molecular formula is C13H18N2O2. The number of benzene rings is 1. The highest BCUT2D eigenvalue weighted by atomic mass is 16.3. The fourth-order valence-corrected chi connectivity index (χ4v) is 2.36. The van der Waals surface area contributed by atoms with Crippen LogP contribution >= 0.6 is 0 Å². The van der Waals surface area contributed by atoms with E-state index in [9.17, 15) is 9.90 Å². The van der Waals surface area contributed by atoms with E-state index in [2.05, 4.69) is 10.6 Å². The van der Waals surface area contributed by atoms with Crippen molar-refractivity contribution < 1.29 is 9.90 Å². The van der Waals surface area contributed by atoms with Gasteiger partial charge in [-0.25, -0.2) is 4.79 Å². The first-order chi connectivity index (χ1) is 7.97. The van der Waals surface area contributed by atoms with Crippen molar-refractivity contribution in [1.82, 2.24) is 10.6 Å². The second-order valence-electron chi connectivity index (χ2n) is 4.83. The van der Waals surface area contributed by atoms with E-state index in [1.165, 1.54) is 0 Å². The van der Waals surface area contributed by atoms with Crippen LogP contribution in [0.25, 0.3) is 0 Å². The highest BCUT2D eigenvalue weighted by Gasteiger charge is 2.26. The van der Waals surface area contributed by atoms with Crippen LogP contribution in [0.5, 0.6) is 5.75 Å². The van der Waals surface area contributed by atoms with Gasteiger partial charge in [0.2, 0.25) is 0 Å². The standard InChI is InChI=1S/C13H18N2O2/c1-7-4-8(2)12(16)10(5-7)11-6-9(3)14-13(17)15-11/h4-5,9,11,16H,6H2,1-3H3,(H2,14,15,17). The lowest BCUT2D eigenvalue weighted by Crippen LogP contribution is -2.49. The molecule has 17 heavy (non-hydrogen) atoms. The molecule has 3 N–H and O–H groups in total. The van der Waals surface area contributed by atoms with Gasteiger partial charge in [0.15, 0.2) is 0 Å². The molecule has 4 heteroatoms. The molecule has 4 nitrogen and oxygen atoms in total. The zero-order valence-corrected chi connectivity index (χ0v) is 10.4. The average molecular weight is 234 g/mol. The molecule has 2 unspecified atom stereocenters. The van der Waals surface area contributed by atoms with Gasteiger partial charge in [0, 0.05) is 11.6 Å². The zero-order chi connectivity index (χ0) is 12.6. The first-order valence-corrected chi connectivity index (χ1v) is 5.84. The van der Waals surface area contributed by atoms with E-state index in [0.29, 0.717) is 0 Å². The lowest BCUT2D eigenvalue weighted by Gasteiger charge is -2.30. The molecule has 1 aliphatic heterocycles. The highest BCUT2D eigenvalue weighted by molar-refractivity contribution is 5.76. The van der Waals surface area contributed by atoms with Gasteiger partial charge in [-0.3, -0.25) is 0 Å². The van der Waals surface area contributed by atoms with E-state index in [4.69, 9.17) is 0 Å². The van der Waals surface area contributed by atoms with Crippen molar-refractivity contribution in [3.63, 3.8) is 0 Å². The Hall–Kier alpha value is -1.71. The molecule has 0 spiro atoms. The van der Waals surface area contributed by atoms with Crippen LogP contribution in [0.2, 0.25) is 0 Å². The van der Waals surface area contributed by atoms with Gasteiger partial charge >= 0.3 is 6.03 Å². The largest absolute Gasteiger partial charge is 0.507 e. The Labute approximate surface area is 101 Å². The third-order valence-corrected chi connectivity index (χ3v) is 3.12. The number of phenols is 1. The second kappa shape index (κ2) is 4.28. The summed E-state index contributed by atoms with van der Waals surface area (Å²) >= 11 is 0. The summed E-state index contributed by atoms with van der Waals surface area (Å²) in [5, 5.41) is 15.7. The first-order valence-electron chi connectivity index (χ1n) is 5.84. The molecule has 0 radical (unpaired) electrons. The maximum Gasteiger partial charge on any atom is 0.315 e. The molecule has 1 saturated heterocycles. The number of amides is 2. The summed E-state index contributed by atoms with van der Waals surface area (Å²) in [6.07, 6.45) is 0.780. The van der Waals surface area contributed by atoms with Crippen LogP contribution in [0.15, 0.2) is 12.1 Å². The van der Waals surface area contributed by atoms with E-state index in [-0.39, 0.29) is 23.9 Å². The number of aromatic hydroxyl groups is 1. The van der Waals surface area contributed by atoms with Crippen LogP contribution in [0.1, 0.15) is 36.1 Å². The molecule has 2 atom stereocenters. The Bertz CT molecular complexity index is 457. The predicted octanol–water partition coefficient (Wildman–Crippen LogP) is 2.14. The summed E-state index contributed by atoms with van der Waals surface area (Å²) in [6.45, 7) is 5.83. The van der Waals surface area contributed by atoms with Gasteiger partial charge < -0.3 is 15.7 Å². The molecule has 1 fully saturated rings. The number of carbonyl (C=O) groups is 1. The molecule has 1 aliphatic rings. The average Bonchev–Trinajstić information content (AvgIpc) is 2.22. The van der Waals surface area contributed by atoms with Crippen LogP contribution in [0.4, 0.5) is 4.79 Å². The number of carbonyl (C=O) groups excluding carboxylic acids is 1. The number of phenolic OH excluding ortho intramolecular Hbond substituents is 1. The maximum absolute atomic E-state index is 11.4. The van der Waals surface area contributed by atoms with Crippen molar-refractivity contribution in [3.8, 4) is 5.75 Å². The summed E-state index contributed by atoms with van der Waals surface area (Å²) in [7, 11) is 0. The van der Waals surface area contributed by atoms with Gasteiger partial charge in [-0.1, -0.05) is 17.7 Å². The van der Waals surface area contributed by atoms with Crippen molar-refractivity contribution in [1.29, 1.82) is 0 Å². The summed E-state index contributed by atoms with van der Waals surface area (Å²) in [5.41, 5.74) is 2.75. The van der Waals surface area contributed by atoms with E-state index >= 15 is 0 Å². The Morgan fingerprint density at radius 2 is 2.00 bits per heavy atom. The molecule has 2 amide bonds. The highest BCUT2D eigenvalue weighted by Crippen LogP contribution is 2.32. The van der Waals surface area contributed by atoms with Crippen molar-refractivity contribution in [2.45, 2.75) is 39.3 Å². The zero-order valence-electron chi connectivity index (χ0n) is 10.4. The summed E-state index contributed by atoms with van der Waals surface area (Å²) in [5.74, 6) is 0.287. The van der Waals surface area contributed by atoms with Gasteiger partial charge in [0.1, 0.15) is 5.75 Å². The Balaban J connectivity index is 2.36. The monoisotopic (exact) mass is 234 g/mol. The summed E-state index contributed by atoms with van der Waals surface area (Å²) < 4.78 is 0. The number of aryl methyl sites for hydroxylation is 2. The minimum absolute atomic E-state index is 0.114. The minimum atomic E-state index is -0.174. The van der Waals surface area contributed by atoms with Crippen LogP contribution in [-0.4, -0.2) is 17.2 Å². The number of rotatable bonds is 1. The van der Waals surface area contributed by atoms with Crippen molar-refractivity contribution in [2.24, 2.45) is 0 Å². The number of nitrogens with one attached hydrogen (secondary N) is 2. The van der Waals surface area contributed by atoms with Crippen molar-refractivity contribution >= 4 is 6.03 Å². The van der Waals surface area contributed by atoms with Crippen LogP contribution in [0.3, 0.4) is 0 Å². The minimum Gasteiger partial charge on any atom is -0.507 e. The quantitative estimate of drug-likeness (QED) is 0.697. The lowest BCUT2D eigenvalue weighted by atomic mass is 9.94. The molecule has 0 bridgehead atoms. The summed E-state index contributed by atoms with van der Waals surface area (Å²) in [6, 6.07) is 3.70. The number of urea groups is 1. The molecule has 1 aromatic rings. The number of hydrogen-bond acceptors (Lipinski definition) is 2. The number of hydrogen-bond donors (Lipinski definition) is 3. The van der Waals surface area contributed by atoms with Gasteiger partial charge in [0.05, 0.1) is 6.04 Å². The molecule has 92 valence electrons. The predicted molar refractivity (Wildman–Crippen MR) is 66.1 cm³/mol. The first kappa shape index (κ1) is 11.8. The maximum atomic E-state index is 11.4. The summed E-state index contributed by atoms with van der Waals surface area (Å²) in [4.78, 5) is 11.4. The molecular weight excluding hydrogens is 216 g/mol. The smallest absolute Gasteiger partial charge is 0.315 e. The Morgan fingerprint density at radius 3 is 2.65 bits per heavy atom. The van der Waals surface area contributed by atoms with Gasteiger partial charge in [-0.15, -0.1) is 0 Å². The van der Waals surface area contributed by atoms with Crippen LogP contribution < -0.4 is 10.6 Å². The van der Waals surface area contributed by atoms with E-state index in [0.717, 1.165) is 23.1 Å². The van der Waals surface area contributed by atoms with Crippen LogP contribution in [0, 0.1) is 13.8 Å². The Kier molecular flexibility index (Phi) is 2.96. The van der Waals surface area contributed by atoms with Crippen LogP contribution in [-0.2, 0) is 0 Å².